The number of esters is 1. The monoisotopic (exact) mass is 891 g/mol. The van der Waals surface area contributed by atoms with Gasteiger partial charge in [0, 0.05) is 13.0 Å². The van der Waals surface area contributed by atoms with Gasteiger partial charge in [-0.25, -0.2) is 4.57 Å². The van der Waals surface area contributed by atoms with Gasteiger partial charge in [-0.15, -0.1) is 0 Å². The Kier molecular flexibility index (Phi) is 44.0. The average molecular weight is 891 g/mol. The fourth-order valence-corrected chi connectivity index (χ4v) is 7.42. The molecule has 0 amide bonds. The summed E-state index contributed by atoms with van der Waals surface area (Å²) in [5.41, 5.74) is 0. The van der Waals surface area contributed by atoms with Crippen molar-refractivity contribution in [1.29, 1.82) is 0 Å². The van der Waals surface area contributed by atoms with Crippen LogP contribution in [0.5, 0.6) is 0 Å². The number of allylic oxidation sites excluding steroid dienone is 12. The molecule has 2 atom stereocenters. The maximum Gasteiger partial charge on any atom is 0.472 e. The van der Waals surface area contributed by atoms with Gasteiger partial charge in [0.05, 0.1) is 34.4 Å². The first-order valence-electron chi connectivity index (χ1n) is 25.2. The molecule has 0 fully saturated rings. The largest absolute Gasteiger partial charge is 0.472 e. The Morgan fingerprint density at radius 3 is 1.40 bits per heavy atom. The highest BCUT2D eigenvalue weighted by atomic mass is 31.2. The van der Waals surface area contributed by atoms with Gasteiger partial charge in [0.15, 0.2) is 0 Å². The Morgan fingerprint density at radius 1 is 0.516 bits per heavy atom. The molecule has 62 heavy (non-hydrogen) atoms. The number of carbonyl (C=O) groups excluding carboxylic acids is 1. The summed E-state index contributed by atoms with van der Waals surface area (Å²) in [4.78, 5) is 23.0. The van der Waals surface area contributed by atoms with E-state index >= 15 is 0 Å². The molecule has 9 heteroatoms. The Labute approximate surface area is 383 Å². The van der Waals surface area contributed by atoms with Gasteiger partial charge < -0.3 is 18.9 Å². The molecule has 0 aromatic heterocycles. The zero-order chi connectivity index (χ0) is 45.5. The number of phosphoric acid groups is 1. The normalized spacial score (nSPS) is 14.2. The van der Waals surface area contributed by atoms with Gasteiger partial charge in [0.2, 0.25) is 0 Å². The number of quaternary nitrogens is 1. The third-order valence-electron chi connectivity index (χ3n) is 10.5. The molecule has 0 aliphatic rings. The van der Waals surface area contributed by atoms with Crippen molar-refractivity contribution in [3.63, 3.8) is 0 Å². The Morgan fingerprint density at radius 2 is 0.935 bits per heavy atom. The molecule has 0 heterocycles. The van der Waals surface area contributed by atoms with E-state index in [1.807, 2.05) is 21.1 Å². The van der Waals surface area contributed by atoms with E-state index in [4.69, 9.17) is 18.5 Å². The Balaban J connectivity index is 4.23. The number of hydrogen-bond acceptors (Lipinski definition) is 6. The van der Waals surface area contributed by atoms with E-state index in [9.17, 15) is 14.3 Å². The second-order valence-corrected chi connectivity index (χ2v) is 19.3. The molecule has 360 valence electrons. The third-order valence-corrected chi connectivity index (χ3v) is 11.5. The van der Waals surface area contributed by atoms with E-state index in [2.05, 4.69) is 86.8 Å². The van der Waals surface area contributed by atoms with Gasteiger partial charge >= 0.3 is 13.8 Å². The van der Waals surface area contributed by atoms with E-state index in [-0.39, 0.29) is 25.8 Å². The standard InChI is InChI=1S/C53H96NO7P/c1-6-8-10-12-14-16-18-20-22-24-25-26-27-28-29-30-32-34-36-38-40-42-44-46-53(55)61-52(51-60-62(56,57)59-49-47-54(3,4)5)50-58-48-45-43-41-39-37-35-33-31-23-21-19-17-15-13-11-9-7-2/h8,10,14,16,20,22,25-26,28-29,32,34,52H,6-7,9,11-13,15,17-19,21,23-24,27,30-31,33,35-51H2,1-5H3/p+1/b10-8-,16-14-,22-20-,26-25-,29-28-,34-32-. The Hall–Kier alpha value is -2.06. The number of carbonyl (C=O) groups is 1. The number of phosphoric ester groups is 1. The van der Waals surface area contributed by atoms with Crippen LogP contribution in [0.1, 0.15) is 200 Å². The van der Waals surface area contributed by atoms with E-state index in [1.165, 1.54) is 96.3 Å². The predicted molar refractivity (Wildman–Crippen MR) is 265 cm³/mol. The van der Waals surface area contributed by atoms with Gasteiger partial charge in [0.1, 0.15) is 19.3 Å². The summed E-state index contributed by atoms with van der Waals surface area (Å²) in [6.07, 6.45) is 59.4. The fraction of sp³-hybridized carbons (Fsp3) is 0.755. The smallest absolute Gasteiger partial charge is 0.457 e. The molecule has 0 aliphatic carbocycles. The van der Waals surface area contributed by atoms with E-state index in [0.29, 0.717) is 24.1 Å². The molecule has 0 spiro atoms. The highest BCUT2D eigenvalue weighted by molar-refractivity contribution is 7.47. The zero-order valence-corrected chi connectivity index (χ0v) is 41.7. The summed E-state index contributed by atoms with van der Waals surface area (Å²) in [5, 5.41) is 0. The van der Waals surface area contributed by atoms with Crippen LogP contribution < -0.4 is 0 Å². The molecule has 0 aliphatic heterocycles. The maximum atomic E-state index is 12.8. The number of ether oxygens (including phenoxy) is 2. The van der Waals surface area contributed by atoms with Crippen molar-refractivity contribution >= 4 is 13.8 Å². The third kappa shape index (κ3) is 49.0. The number of unbranched alkanes of at least 4 members (excludes halogenated alkanes) is 20. The van der Waals surface area contributed by atoms with Gasteiger partial charge in [0.25, 0.3) is 0 Å². The van der Waals surface area contributed by atoms with E-state index in [1.54, 1.807) is 0 Å². The topological polar surface area (TPSA) is 91.3 Å². The molecule has 0 saturated carbocycles. The van der Waals surface area contributed by atoms with Crippen LogP contribution in [-0.4, -0.2) is 75.6 Å². The molecule has 0 saturated heterocycles. The van der Waals surface area contributed by atoms with Gasteiger partial charge in [-0.05, 0) is 64.2 Å². The van der Waals surface area contributed by atoms with Crippen LogP contribution in [0.15, 0.2) is 72.9 Å². The van der Waals surface area contributed by atoms with Crippen molar-refractivity contribution in [2.45, 2.75) is 206 Å². The second kappa shape index (κ2) is 45.5. The summed E-state index contributed by atoms with van der Waals surface area (Å²) >= 11 is 0. The van der Waals surface area contributed by atoms with Crippen molar-refractivity contribution in [3.8, 4) is 0 Å². The lowest BCUT2D eigenvalue weighted by atomic mass is 10.0. The van der Waals surface area contributed by atoms with Crippen molar-refractivity contribution in [2.24, 2.45) is 0 Å². The second-order valence-electron chi connectivity index (χ2n) is 17.8. The highest BCUT2D eigenvalue weighted by Gasteiger charge is 2.26. The number of hydrogen-bond donors (Lipinski definition) is 1. The van der Waals surface area contributed by atoms with Crippen LogP contribution in [0.3, 0.4) is 0 Å². The Bertz CT molecular complexity index is 1220. The van der Waals surface area contributed by atoms with Crippen LogP contribution in [0, 0.1) is 0 Å². The van der Waals surface area contributed by atoms with Crippen LogP contribution in [-0.2, 0) is 27.9 Å². The molecule has 0 aromatic carbocycles. The molecule has 8 nitrogen and oxygen atoms in total. The van der Waals surface area contributed by atoms with E-state index < -0.39 is 13.9 Å². The van der Waals surface area contributed by atoms with Crippen LogP contribution in [0.2, 0.25) is 0 Å². The number of rotatable bonds is 46. The van der Waals surface area contributed by atoms with Gasteiger partial charge in [-0.3, -0.25) is 13.8 Å². The molecule has 0 aromatic rings. The number of likely N-dealkylation sites (N-methyl/N-ethyl adjacent to an activating group) is 1. The van der Waals surface area contributed by atoms with Crippen molar-refractivity contribution in [1.82, 2.24) is 0 Å². The minimum Gasteiger partial charge on any atom is -0.457 e. The number of nitrogens with zero attached hydrogens (tertiary/aromatic N) is 1. The zero-order valence-electron chi connectivity index (χ0n) is 40.8. The SMILES string of the molecule is CC/C=C\C/C=C\C/C=C\C/C=C\C/C=C\C/C=C\CCCCCCC(=O)OC(COCCCCCCCCCCCCCCCCCCC)COP(=O)(O)OCC[N+](C)(C)C. The first kappa shape index (κ1) is 59.9. The molecular formula is C53H97NO7P+. The lowest BCUT2D eigenvalue weighted by Crippen LogP contribution is -2.37. The molecule has 1 N–H and O–H groups in total. The van der Waals surface area contributed by atoms with E-state index in [0.717, 1.165) is 83.5 Å². The van der Waals surface area contributed by atoms with Gasteiger partial charge in [-0.2, -0.15) is 0 Å². The summed E-state index contributed by atoms with van der Waals surface area (Å²) < 4.78 is 35.1. The summed E-state index contributed by atoms with van der Waals surface area (Å²) in [7, 11) is 1.65. The summed E-state index contributed by atoms with van der Waals surface area (Å²) in [6.45, 7) is 5.49. The van der Waals surface area contributed by atoms with Crippen molar-refractivity contribution in [3.05, 3.63) is 72.9 Å². The molecule has 0 bridgehead atoms. The van der Waals surface area contributed by atoms with Crippen molar-refractivity contribution in [2.75, 3.05) is 54.1 Å². The summed E-state index contributed by atoms with van der Waals surface area (Å²) in [5.74, 6) is -0.337. The highest BCUT2D eigenvalue weighted by Crippen LogP contribution is 2.43. The molecule has 0 rings (SSSR count). The lowest BCUT2D eigenvalue weighted by molar-refractivity contribution is -0.870. The minimum absolute atomic E-state index is 0.0810. The van der Waals surface area contributed by atoms with Gasteiger partial charge in [-0.1, -0.05) is 202 Å². The maximum absolute atomic E-state index is 12.8. The van der Waals surface area contributed by atoms with Crippen LogP contribution in [0.25, 0.3) is 0 Å². The van der Waals surface area contributed by atoms with Crippen molar-refractivity contribution < 1.29 is 37.3 Å². The molecular weight excluding hydrogens is 794 g/mol. The fourth-order valence-electron chi connectivity index (χ4n) is 6.67. The lowest BCUT2D eigenvalue weighted by Gasteiger charge is -2.24. The first-order chi connectivity index (χ1) is 30.1. The first-order valence-corrected chi connectivity index (χ1v) is 26.7. The van der Waals surface area contributed by atoms with Crippen LogP contribution in [0.4, 0.5) is 0 Å². The average Bonchev–Trinajstić information content (AvgIpc) is 3.23. The quantitative estimate of drug-likeness (QED) is 0.0214. The molecule has 2 unspecified atom stereocenters. The summed E-state index contributed by atoms with van der Waals surface area (Å²) in [6, 6.07) is 0. The minimum atomic E-state index is -4.29. The predicted octanol–water partition coefficient (Wildman–Crippen LogP) is 15.4. The molecule has 0 radical (unpaired) electrons. The van der Waals surface area contributed by atoms with Crippen LogP contribution >= 0.6 is 7.82 Å².